The van der Waals surface area contributed by atoms with Crippen molar-refractivity contribution >= 4 is 0 Å². The van der Waals surface area contributed by atoms with Crippen molar-refractivity contribution < 1.29 is 5.11 Å². The Morgan fingerprint density at radius 1 is 0.895 bits per heavy atom. The maximum Gasteiger partial charge on any atom is 0.115 e. The Morgan fingerprint density at radius 3 is 1.68 bits per heavy atom. The lowest BCUT2D eigenvalue weighted by molar-refractivity contribution is 0.475. The largest absolute Gasteiger partial charge is 0.508 e. The van der Waals surface area contributed by atoms with E-state index in [1.165, 1.54) is 24.0 Å². The summed E-state index contributed by atoms with van der Waals surface area (Å²) >= 11 is 0. The Bertz CT molecular complexity index is 323. The van der Waals surface area contributed by atoms with Gasteiger partial charge in [0.1, 0.15) is 5.75 Å². The van der Waals surface area contributed by atoms with Gasteiger partial charge in [-0.15, -0.1) is 0 Å². The van der Waals surface area contributed by atoms with Crippen LogP contribution in [0.25, 0.3) is 0 Å². The molecular weight excluding hydrogens is 232 g/mol. The number of aryl methyl sites for hydroxylation is 1. The molecule has 0 bridgehead atoms. The molecule has 1 aliphatic carbocycles. The smallest absolute Gasteiger partial charge is 0.115 e. The van der Waals surface area contributed by atoms with Gasteiger partial charge in [0.2, 0.25) is 0 Å². The molecule has 19 heavy (non-hydrogen) atoms. The van der Waals surface area contributed by atoms with Crippen LogP contribution in [0.2, 0.25) is 0 Å². The van der Waals surface area contributed by atoms with Crippen molar-refractivity contribution in [3.05, 3.63) is 53.6 Å². The summed E-state index contributed by atoms with van der Waals surface area (Å²) in [6.07, 6.45) is 8.99. The van der Waals surface area contributed by atoms with E-state index >= 15 is 0 Å². The highest BCUT2D eigenvalue weighted by Gasteiger charge is 1.88. The average Bonchev–Trinajstić information content (AvgIpc) is 2.48. The Hall–Kier alpha value is -1.50. The summed E-state index contributed by atoms with van der Waals surface area (Å²) in [6, 6.07) is 7.09. The third-order valence-electron chi connectivity index (χ3n) is 2.26. The van der Waals surface area contributed by atoms with Gasteiger partial charge < -0.3 is 5.11 Å². The first-order valence-corrected chi connectivity index (χ1v) is 7.26. The van der Waals surface area contributed by atoms with Crippen LogP contribution in [0.4, 0.5) is 0 Å². The van der Waals surface area contributed by atoms with Gasteiger partial charge in [-0.3, -0.25) is 0 Å². The van der Waals surface area contributed by atoms with E-state index in [1.807, 2.05) is 46.8 Å². The topological polar surface area (TPSA) is 20.2 Å². The van der Waals surface area contributed by atoms with Gasteiger partial charge in [0, 0.05) is 0 Å². The van der Waals surface area contributed by atoms with Gasteiger partial charge in [0.25, 0.3) is 0 Å². The number of hydrogen-bond acceptors (Lipinski definition) is 1. The first kappa shape index (κ1) is 19.8. The Balaban J connectivity index is 0. The molecule has 0 spiro atoms. The standard InChI is InChI=1S/C7H8O.C7H10.2C2H6/c1-6-2-4-7(8)5-3-6;1-7-5-3-2-4-6-7;2*1-2/h2-5,8H,1H3;2-3,5H,4,6H2,1H3;2*1-2H3. The zero-order valence-corrected chi connectivity index (χ0v) is 13.4. The van der Waals surface area contributed by atoms with E-state index in [1.54, 1.807) is 12.1 Å². The quantitative estimate of drug-likeness (QED) is 0.604. The van der Waals surface area contributed by atoms with E-state index in [0.717, 1.165) is 0 Å². The Morgan fingerprint density at radius 2 is 1.42 bits per heavy atom. The normalized spacial score (nSPS) is 11.6. The lowest BCUT2D eigenvalue weighted by atomic mass is 10.1. The van der Waals surface area contributed by atoms with Crippen LogP contribution in [-0.2, 0) is 0 Å². The zero-order valence-electron chi connectivity index (χ0n) is 13.4. The van der Waals surface area contributed by atoms with Crippen molar-refractivity contribution in [2.45, 2.75) is 54.4 Å². The summed E-state index contributed by atoms with van der Waals surface area (Å²) in [5.41, 5.74) is 2.67. The van der Waals surface area contributed by atoms with Crippen molar-refractivity contribution in [2.75, 3.05) is 0 Å². The van der Waals surface area contributed by atoms with Crippen molar-refractivity contribution in [2.24, 2.45) is 0 Å². The maximum atomic E-state index is 8.76. The zero-order chi connectivity index (χ0) is 15.1. The number of benzene rings is 1. The molecule has 0 heterocycles. The molecule has 1 aliphatic rings. The number of phenolic OH excluding ortho intramolecular Hbond substituents is 1. The van der Waals surface area contributed by atoms with E-state index < -0.39 is 0 Å². The van der Waals surface area contributed by atoms with Gasteiger partial charge in [-0.05, 0) is 38.8 Å². The van der Waals surface area contributed by atoms with Crippen LogP contribution >= 0.6 is 0 Å². The number of phenols is 1. The van der Waals surface area contributed by atoms with Gasteiger partial charge in [0.15, 0.2) is 0 Å². The molecular formula is C18H30O. The van der Waals surface area contributed by atoms with Crippen LogP contribution in [0.15, 0.2) is 48.1 Å². The van der Waals surface area contributed by atoms with Crippen LogP contribution in [-0.4, -0.2) is 5.11 Å². The van der Waals surface area contributed by atoms with Gasteiger partial charge in [-0.1, -0.05) is 69.2 Å². The molecule has 0 fully saturated rings. The predicted molar refractivity (Wildman–Crippen MR) is 87.7 cm³/mol. The first-order valence-electron chi connectivity index (χ1n) is 7.26. The molecule has 2 rings (SSSR count). The molecule has 0 saturated heterocycles. The molecule has 1 aromatic carbocycles. The minimum Gasteiger partial charge on any atom is -0.508 e. The van der Waals surface area contributed by atoms with Crippen LogP contribution in [0, 0.1) is 6.92 Å². The van der Waals surface area contributed by atoms with Gasteiger partial charge in [0.05, 0.1) is 0 Å². The molecule has 0 unspecified atom stereocenters. The maximum absolute atomic E-state index is 8.76. The van der Waals surface area contributed by atoms with Crippen LogP contribution in [0.5, 0.6) is 5.75 Å². The number of hydrogen-bond donors (Lipinski definition) is 1. The third kappa shape index (κ3) is 12.7. The Kier molecular flexibility index (Phi) is 15.2. The second-order valence-electron chi connectivity index (χ2n) is 3.82. The highest BCUT2D eigenvalue weighted by Crippen LogP contribution is 2.09. The second kappa shape index (κ2) is 14.6. The highest BCUT2D eigenvalue weighted by atomic mass is 16.3. The lowest BCUT2D eigenvalue weighted by Crippen LogP contribution is -1.78. The summed E-state index contributed by atoms with van der Waals surface area (Å²) in [7, 11) is 0. The van der Waals surface area contributed by atoms with Crippen molar-refractivity contribution in [1.82, 2.24) is 0 Å². The molecule has 1 heteroatoms. The molecule has 1 N–H and O–H groups in total. The number of rotatable bonds is 0. The molecule has 108 valence electrons. The number of allylic oxidation sites excluding steroid dienone is 4. The lowest BCUT2D eigenvalue weighted by Gasteiger charge is -1.98. The van der Waals surface area contributed by atoms with Crippen molar-refractivity contribution in [3.8, 4) is 5.75 Å². The molecule has 0 aliphatic heterocycles. The second-order valence-corrected chi connectivity index (χ2v) is 3.82. The predicted octanol–water partition coefficient (Wildman–Crippen LogP) is 6.04. The van der Waals surface area contributed by atoms with E-state index in [9.17, 15) is 0 Å². The molecule has 1 aromatic rings. The van der Waals surface area contributed by atoms with E-state index in [0.29, 0.717) is 5.75 Å². The summed E-state index contributed by atoms with van der Waals surface area (Å²) in [5.74, 6) is 0.329. The van der Waals surface area contributed by atoms with Crippen molar-refractivity contribution in [3.63, 3.8) is 0 Å². The van der Waals surface area contributed by atoms with Crippen LogP contribution in [0.1, 0.15) is 53.0 Å². The van der Waals surface area contributed by atoms with Gasteiger partial charge in [-0.25, -0.2) is 0 Å². The number of aromatic hydroxyl groups is 1. The SMILES string of the molecule is CC.CC.CC1=CC=CCC1.Cc1ccc(O)cc1. The summed E-state index contributed by atoms with van der Waals surface area (Å²) in [5, 5.41) is 8.76. The summed E-state index contributed by atoms with van der Waals surface area (Å²) in [6.45, 7) is 12.2. The fourth-order valence-electron chi connectivity index (χ4n) is 1.27. The first-order chi connectivity index (χ1) is 9.18. The monoisotopic (exact) mass is 262 g/mol. The minimum absolute atomic E-state index is 0.329. The van der Waals surface area contributed by atoms with Gasteiger partial charge in [-0.2, -0.15) is 0 Å². The molecule has 1 nitrogen and oxygen atoms in total. The third-order valence-corrected chi connectivity index (χ3v) is 2.26. The molecule has 0 aromatic heterocycles. The molecule has 0 saturated carbocycles. The molecule has 0 amide bonds. The molecule has 0 radical (unpaired) electrons. The van der Waals surface area contributed by atoms with Crippen LogP contribution < -0.4 is 0 Å². The minimum atomic E-state index is 0.329. The van der Waals surface area contributed by atoms with E-state index in [4.69, 9.17) is 5.11 Å². The van der Waals surface area contributed by atoms with Crippen LogP contribution in [0.3, 0.4) is 0 Å². The van der Waals surface area contributed by atoms with E-state index in [-0.39, 0.29) is 0 Å². The average molecular weight is 262 g/mol. The fourth-order valence-corrected chi connectivity index (χ4v) is 1.27. The summed E-state index contributed by atoms with van der Waals surface area (Å²) in [4.78, 5) is 0. The van der Waals surface area contributed by atoms with Crippen molar-refractivity contribution in [1.29, 1.82) is 0 Å². The fraction of sp³-hybridized carbons (Fsp3) is 0.444. The van der Waals surface area contributed by atoms with Gasteiger partial charge >= 0.3 is 0 Å². The Labute approximate surface area is 119 Å². The highest BCUT2D eigenvalue weighted by molar-refractivity contribution is 5.24. The molecule has 0 atom stereocenters. The van der Waals surface area contributed by atoms with E-state index in [2.05, 4.69) is 25.2 Å². The summed E-state index contributed by atoms with van der Waals surface area (Å²) < 4.78 is 0.